The first-order chi connectivity index (χ1) is 5.61. The average molecular weight is 164 g/mol. The molecule has 3 N–H and O–H groups in total. The Morgan fingerprint density at radius 2 is 2.17 bits per heavy atom. The lowest BCUT2D eigenvalue weighted by Gasteiger charge is -2.17. The fraction of sp³-hybridized carbons (Fsp3) is 0.556. The molecule has 0 saturated heterocycles. The molecule has 1 atom stereocenters. The molecule has 1 unspecified atom stereocenters. The molecule has 0 aromatic rings. The van der Waals surface area contributed by atoms with Gasteiger partial charge in [-0.3, -0.25) is 0 Å². The van der Waals surface area contributed by atoms with Gasteiger partial charge in [-0.1, -0.05) is 25.1 Å². The first-order valence-corrected chi connectivity index (χ1v) is 4.10. The topological polar surface area (TPSA) is 38.0 Å². The number of nitrogens with two attached hydrogens (primary N) is 1. The summed E-state index contributed by atoms with van der Waals surface area (Å²) >= 11 is 0. The molecule has 3 heteroatoms. The first-order valence-electron chi connectivity index (χ1n) is 4.10. The lowest BCUT2D eigenvalue weighted by molar-refractivity contribution is 0.586. The minimum atomic E-state index is 0.260. The number of likely N-dealkylation sites (N-methyl/N-ethyl adjacent to an activating group) is 1. The van der Waals surface area contributed by atoms with E-state index >= 15 is 0 Å². The second kappa shape index (κ2) is 5.89. The van der Waals surface area contributed by atoms with Gasteiger partial charge in [-0.05, 0) is 19.9 Å². The second-order valence-corrected chi connectivity index (χ2v) is 2.90. The van der Waals surface area contributed by atoms with Gasteiger partial charge in [-0.15, -0.1) is 0 Å². The van der Waals surface area contributed by atoms with E-state index in [1.807, 2.05) is 7.05 Å². The zero-order valence-electron chi connectivity index (χ0n) is 7.77. The van der Waals surface area contributed by atoms with Crippen molar-refractivity contribution in [2.75, 3.05) is 7.05 Å². The van der Waals surface area contributed by atoms with Gasteiger partial charge >= 0.3 is 0 Å². The van der Waals surface area contributed by atoms with Gasteiger partial charge in [0.2, 0.25) is 0 Å². The van der Waals surface area contributed by atoms with Crippen LogP contribution in [0.4, 0.5) is 0 Å². The molecule has 0 amide bonds. The van der Waals surface area contributed by atoms with Crippen molar-refractivity contribution < 1.29 is 0 Å². The van der Waals surface area contributed by atoms with Crippen molar-refractivity contribution in [2.45, 2.75) is 25.2 Å². The van der Waals surface area contributed by atoms with Crippen LogP contribution in [-0.2, 0) is 0 Å². The van der Waals surface area contributed by atoms with Crippen LogP contribution >= 0.6 is 0 Å². The molecule has 0 spiro atoms. The molecule has 2 radical (unpaired) electrons. The van der Waals surface area contributed by atoms with Crippen LogP contribution in [0, 0.1) is 0 Å². The van der Waals surface area contributed by atoms with Crippen LogP contribution in [0.2, 0.25) is 6.32 Å². The quantitative estimate of drug-likeness (QED) is 0.453. The van der Waals surface area contributed by atoms with E-state index in [2.05, 4.69) is 18.5 Å². The summed E-state index contributed by atoms with van der Waals surface area (Å²) < 4.78 is 0. The Hall–Kier alpha value is -0.695. The Kier molecular flexibility index (Phi) is 5.55. The third kappa shape index (κ3) is 4.24. The largest absolute Gasteiger partial charge is 0.403 e. The highest BCUT2D eigenvalue weighted by molar-refractivity contribution is 6.10. The van der Waals surface area contributed by atoms with Gasteiger partial charge in [0.1, 0.15) is 0 Å². The molecule has 12 heavy (non-hydrogen) atoms. The molecule has 0 aliphatic heterocycles. The van der Waals surface area contributed by atoms with Gasteiger partial charge in [0.05, 0.1) is 7.85 Å². The Morgan fingerprint density at radius 1 is 1.58 bits per heavy atom. The Morgan fingerprint density at radius 3 is 2.50 bits per heavy atom. The van der Waals surface area contributed by atoms with Crippen LogP contribution in [0.15, 0.2) is 24.4 Å². The van der Waals surface area contributed by atoms with Crippen molar-refractivity contribution in [3.05, 3.63) is 24.4 Å². The first kappa shape index (κ1) is 11.3. The van der Waals surface area contributed by atoms with E-state index in [4.69, 9.17) is 13.6 Å². The third-order valence-electron chi connectivity index (χ3n) is 1.86. The smallest absolute Gasteiger partial charge is 0.0712 e. The van der Waals surface area contributed by atoms with E-state index in [-0.39, 0.29) is 6.04 Å². The van der Waals surface area contributed by atoms with Crippen molar-refractivity contribution in [1.29, 1.82) is 0 Å². The van der Waals surface area contributed by atoms with E-state index in [0.29, 0.717) is 12.0 Å². The predicted molar refractivity (Wildman–Crippen MR) is 55.1 cm³/mol. The fourth-order valence-electron chi connectivity index (χ4n) is 1.02. The molecule has 0 rings (SSSR count). The highest BCUT2D eigenvalue weighted by Gasteiger charge is 2.07. The summed E-state index contributed by atoms with van der Waals surface area (Å²) in [6.45, 7) is 7.50. The van der Waals surface area contributed by atoms with E-state index in [9.17, 15) is 0 Å². The molecule has 0 aromatic heterocycles. The van der Waals surface area contributed by atoms with Crippen molar-refractivity contribution in [1.82, 2.24) is 5.32 Å². The summed E-state index contributed by atoms with van der Waals surface area (Å²) in [7, 11) is 7.36. The molecule has 0 aliphatic rings. The maximum atomic E-state index is 5.46. The molecule has 0 heterocycles. The van der Waals surface area contributed by atoms with Crippen LogP contribution < -0.4 is 11.1 Å². The lowest BCUT2D eigenvalue weighted by Crippen LogP contribution is -2.27. The summed E-state index contributed by atoms with van der Waals surface area (Å²) in [4.78, 5) is 0. The molecular formula is C9H17BN2. The van der Waals surface area contributed by atoms with Crippen LogP contribution in [-0.4, -0.2) is 20.9 Å². The average Bonchev–Trinajstić information content (AvgIpc) is 2.04. The monoisotopic (exact) mass is 164 g/mol. The Labute approximate surface area is 76.3 Å². The molecule has 66 valence electrons. The van der Waals surface area contributed by atoms with Gasteiger partial charge < -0.3 is 11.1 Å². The third-order valence-corrected chi connectivity index (χ3v) is 1.86. The summed E-state index contributed by atoms with van der Waals surface area (Å²) in [5, 5.41) is 3.13. The maximum Gasteiger partial charge on any atom is 0.0712 e. The summed E-state index contributed by atoms with van der Waals surface area (Å²) in [5.41, 5.74) is 7.17. The van der Waals surface area contributed by atoms with Crippen molar-refractivity contribution in [3.8, 4) is 0 Å². The van der Waals surface area contributed by atoms with E-state index in [0.717, 1.165) is 18.4 Å². The normalized spacial score (nSPS) is 12.4. The SMILES string of the molecule is [B]CC(=C)C(CCC(=C)N)NC. The Balaban J connectivity index is 3.83. The Bertz CT molecular complexity index is 166. The standard InChI is InChI=1S/C9H17BN2/c1-7(6-10)9(12-3)5-4-8(2)11/h9,12H,1-2,4-6,11H2,3H3. The van der Waals surface area contributed by atoms with E-state index in [1.165, 1.54) is 0 Å². The summed E-state index contributed by atoms with van der Waals surface area (Å²) in [5.74, 6) is 0. The number of allylic oxidation sites excluding steroid dienone is 1. The molecule has 0 aliphatic carbocycles. The summed E-state index contributed by atoms with van der Waals surface area (Å²) in [6.07, 6.45) is 2.24. The van der Waals surface area contributed by atoms with Crippen LogP contribution in [0.3, 0.4) is 0 Å². The highest BCUT2D eigenvalue weighted by Crippen LogP contribution is 2.10. The fourth-order valence-corrected chi connectivity index (χ4v) is 1.02. The predicted octanol–water partition coefficient (Wildman–Crippen LogP) is 0.970. The lowest BCUT2D eigenvalue weighted by atomic mass is 9.90. The zero-order valence-corrected chi connectivity index (χ0v) is 7.77. The molecule has 0 aromatic carbocycles. The van der Waals surface area contributed by atoms with Crippen molar-refractivity contribution >= 4 is 7.85 Å². The molecule has 0 fully saturated rings. The number of nitrogens with one attached hydrogen (secondary N) is 1. The van der Waals surface area contributed by atoms with Crippen molar-refractivity contribution in [2.24, 2.45) is 5.73 Å². The van der Waals surface area contributed by atoms with Crippen LogP contribution in [0.1, 0.15) is 12.8 Å². The van der Waals surface area contributed by atoms with E-state index in [1.54, 1.807) is 0 Å². The van der Waals surface area contributed by atoms with Gasteiger partial charge in [0.15, 0.2) is 0 Å². The number of hydrogen-bond donors (Lipinski definition) is 2. The van der Waals surface area contributed by atoms with Gasteiger partial charge in [-0.25, -0.2) is 0 Å². The highest BCUT2D eigenvalue weighted by atomic mass is 14.9. The minimum absolute atomic E-state index is 0.260. The molecule has 0 bridgehead atoms. The molecule has 2 nitrogen and oxygen atoms in total. The van der Waals surface area contributed by atoms with Crippen LogP contribution in [0.25, 0.3) is 0 Å². The van der Waals surface area contributed by atoms with Crippen LogP contribution in [0.5, 0.6) is 0 Å². The summed E-state index contributed by atoms with van der Waals surface area (Å²) in [6, 6.07) is 0.260. The van der Waals surface area contributed by atoms with E-state index < -0.39 is 0 Å². The molecule has 0 saturated carbocycles. The van der Waals surface area contributed by atoms with Gasteiger partial charge in [0, 0.05) is 11.7 Å². The maximum absolute atomic E-state index is 5.46. The second-order valence-electron chi connectivity index (χ2n) is 2.90. The van der Waals surface area contributed by atoms with Gasteiger partial charge in [-0.2, -0.15) is 0 Å². The zero-order chi connectivity index (χ0) is 9.56. The number of rotatable bonds is 6. The molecular weight excluding hydrogens is 147 g/mol. The number of hydrogen-bond acceptors (Lipinski definition) is 2. The van der Waals surface area contributed by atoms with Crippen molar-refractivity contribution in [3.63, 3.8) is 0 Å². The van der Waals surface area contributed by atoms with Gasteiger partial charge in [0.25, 0.3) is 0 Å². The minimum Gasteiger partial charge on any atom is -0.403 e.